The Morgan fingerprint density at radius 2 is 1.80 bits per heavy atom. The van der Waals surface area contributed by atoms with Crippen LogP contribution in [0, 0.1) is 19.7 Å². The van der Waals surface area contributed by atoms with Gasteiger partial charge >= 0.3 is 0 Å². The molecule has 0 aromatic carbocycles. The summed E-state index contributed by atoms with van der Waals surface area (Å²) in [5, 5.41) is 7.31. The topological polar surface area (TPSA) is 86.7 Å². The highest BCUT2D eigenvalue weighted by Crippen LogP contribution is 2.35. The van der Waals surface area contributed by atoms with Crippen molar-refractivity contribution < 1.29 is 4.39 Å². The van der Waals surface area contributed by atoms with E-state index in [1.54, 1.807) is 6.07 Å². The molecule has 0 aliphatic carbocycles. The number of rotatable bonds is 6. The standard InChI is InChI=1S/C26H27FN8/c1-16-7-21(9-22-8-17(2)32-33-22)31-26(30-16)18-3-6-25(29-11-18)34-14-23-10-24(15-34)35(23)13-20-5-4-19(27)12-28-20/h3-8,11-12,23-24H,9-10,13-15H2,1-2H3,(H,32,33). The molecule has 4 aromatic rings. The Labute approximate surface area is 203 Å². The first-order valence-corrected chi connectivity index (χ1v) is 11.9. The number of piperidine rings is 1. The third-order valence-corrected chi connectivity index (χ3v) is 6.84. The summed E-state index contributed by atoms with van der Waals surface area (Å²) in [6.45, 7) is 6.60. The Bertz CT molecular complexity index is 1320. The molecule has 2 unspecified atom stereocenters. The van der Waals surface area contributed by atoms with Crippen LogP contribution in [-0.2, 0) is 13.0 Å². The summed E-state index contributed by atoms with van der Waals surface area (Å²) < 4.78 is 13.2. The number of pyridine rings is 2. The van der Waals surface area contributed by atoms with Crippen LogP contribution in [0.5, 0.6) is 0 Å². The Morgan fingerprint density at radius 3 is 2.49 bits per heavy atom. The average Bonchev–Trinajstić information content (AvgIpc) is 3.27. The highest BCUT2D eigenvalue weighted by Gasteiger charge is 2.44. The molecule has 8 nitrogen and oxygen atoms in total. The monoisotopic (exact) mass is 470 g/mol. The number of hydrogen-bond acceptors (Lipinski definition) is 7. The van der Waals surface area contributed by atoms with E-state index in [0.29, 0.717) is 24.3 Å². The van der Waals surface area contributed by atoms with Crippen molar-refractivity contribution in [2.24, 2.45) is 0 Å². The van der Waals surface area contributed by atoms with Crippen molar-refractivity contribution in [2.45, 2.75) is 45.3 Å². The van der Waals surface area contributed by atoms with Crippen LogP contribution in [0.2, 0.25) is 0 Å². The third-order valence-electron chi connectivity index (χ3n) is 6.84. The van der Waals surface area contributed by atoms with Gasteiger partial charge in [0.2, 0.25) is 0 Å². The summed E-state index contributed by atoms with van der Waals surface area (Å²) in [6.07, 6.45) is 5.01. The van der Waals surface area contributed by atoms with Crippen molar-refractivity contribution in [1.82, 2.24) is 35.0 Å². The Morgan fingerprint density at radius 1 is 0.943 bits per heavy atom. The van der Waals surface area contributed by atoms with E-state index in [2.05, 4.69) is 42.1 Å². The second-order valence-electron chi connectivity index (χ2n) is 9.54. The van der Waals surface area contributed by atoms with Crippen molar-refractivity contribution in [2.75, 3.05) is 18.0 Å². The van der Waals surface area contributed by atoms with Gasteiger partial charge in [-0.05, 0) is 56.7 Å². The Balaban J connectivity index is 1.13. The number of H-pyrrole nitrogens is 1. The maximum Gasteiger partial charge on any atom is 0.161 e. The van der Waals surface area contributed by atoms with E-state index in [1.165, 1.54) is 18.7 Å². The van der Waals surface area contributed by atoms with Crippen molar-refractivity contribution in [3.63, 3.8) is 0 Å². The number of fused-ring (bicyclic) bond motifs is 2. The molecule has 2 atom stereocenters. The molecule has 0 amide bonds. The second kappa shape index (κ2) is 8.81. The molecule has 3 fully saturated rings. The molecule has 3 saturated heterocycles. The summed E-state index contributed by atoms with van der Waals surface area (Å²) in [4.78, 5) is 23.2. The minimum absolute atomic E-state index is 0.293. The van der Waals surface area contributed by atoms with Gasteiger partial charge in [-0.2, -0.15) is 5.10 Å². The molecule has 9 heteroatoms. The zero-order chi connectivity index (χ0) is 23.9. The lowest BCUT2D eigenvalue weighted by Gasteiger charge is -2.56. The van der Waals surface area contributed by atoms with Gasteiger partial charge in [-0.1, -0.05) is 0 Å². The second-order valence-corrected chi connectivity index (χ2v) is 9.54. The van der Waals surface area contributed by atoms with E-state index in [4.69, 9.17) is 9.97 Å². The van der Waals surface area contributed by atoms with Crippen LogP contribution < -0.4 is 4.90 Å². The van der Waals surface area contributed by atoms with E-state index < -0.39 is 0 Å². The summed E-state index contributed by atoms with van der Waals surface area (Å²) in [7, 11) is 0. The number of hydrogen-bond donors (Lipinski definition) is 1. The lowest BCUT2D eigenvalue weighted by molar-refractivity contribution is -0.00970. The Hall–Kier alpha value is -3.72. The SMILES string of the molecule is Cc1cc(Cc2cc(C)[nH]n2)nc(-c2ccc(N3CC4CC(C3)N4Cc3ccc(F)cn3)nc2)n1. The summed E-state index contributed by atoms with van der Waals surface area (Å²) in [5.74, 6) is 1.37. The maximum atomic E-state index is 13.2. The molecule has 178 valence electrons. The molecule has 35 heavy (non-hydrogen) atoms. The summed E-state index contributed by atoms with van der Waals surface area (Å²) in [5.41, 5.74) is 5.69. The average molecular weight is 471 g/mol. The normalized spacial score (nSPS) is 19.6. The highest BCUT2D eigenvalue weighted by molar-refractivity contribution is 5.57. The number of anilines is 1. The fourth-order valence-corrected chi connectivity index (χ4v) is 5.13. The van der Waals surface area contributed by atoms with Gasteiger partial charge in [0.05, 0.1) is 23.3 Å². The molecule has 0 radical (unpaired) electrons. The van der Waals surface area contributed by atoms with Crippen molar-refractivity contribution >= 4 is 5.82 Å². The lowest BCUT2D eigenvalue weighted by atomic mass is 9.87. The number of nitrogens with one attached hydrogen (secondary N) is 1. The molecule has 3 aliphatic rings. The molecule has 7 heterocycles. The third kappa shape index (κ3) is 4.51. The number of nitrogens with zero attached hydrogens (tertiary/aromatic N) is 7. The van der Waals surface area contributed by atoms with Crippen LogP contribution in [0.4, 0.5) is 10.2 Å². The molecule has 7 rings (SSSR count). The van der Waals surface area contributed by atoms with Crippen LogP contribution in [0.25, 0.3) is 11.4 Å². The molecule has 1 N–H and O–H groups in total. The number of aromatic nitrogens is 6. The van der Waals surface area contributed by atoms with Gasteiger partial charge in [0.25, 0.3) is 0 Å². The van der Waals surface area contributed by atoms with Gasteiger partial charge in [-0.25, -0.2) is 19.3 Å². The van der Waals surface area contributed by atoms with Gasteiger partial charge in [-0.3, -0.25) is 15.0 Å². The zero-order valence-corrected chi connectivity index (χ0v) is 19.8. The zero-order valence-electron chi connectivity index (χ0n) is 19.8. The molecular weight excluding hydrogens is 443 g/mol. The van der Waals surface area contributed by atoms with Crippen LogP contribution in [0.15, 0.2) is 48.8 Å². The van der Waals surface area contributed by atoms with Crippen LogP contribution >= 0.6 is 0 Å². The van der Waals surface area contributed by atoms with Gasteiger partial charge < -0.3 is 4.90 Å². The minimum atomic E-state index is -0.293. The predicted octanol–water partition coefficient (Wildman–Crippen LogP) is 3.47. The first-order chi connectivity index (χ1) is 17.0. The number of aryl methyl sites for hydroxylation is 2. The molecule has 0 saturated carbocycles. The Kier molecular flexibility index (Phi) is 5.49. The van der Waals surface area contributed by atoms with Crippen molar-refractivity contribution in [3.8, 4) is 11.4 Å². The van der Waals surface area contributed by atoms with Crippen LogP contribution in [0.3, 0.4) is 0 Å². The quantitative estimate of drug-likeness (QED) is 0.462. The maximum absolute atomic E-state index is 13.2. The molecular formula is C26H27FN8. The number of halogens is 1. The van der Waals surface area contributed by atoms with E-state index in [-0.39, 0.29) is 5.82 Å². The molecule has 3 aliphatic heterocycles. The van der Waals surface area contributed by atoms with Gasteiger partial charge in [0.1, 0.15) is 11.6 Å². The van der Waals surface area contributed by atoms with Gasteiger partial charge in [0.15, 0.2) is 5.82 Å². The van der Waals surface area contributed by atoms with E-state index in [9.17, 15) is 4.39 Å². The van der Waals surface area contributed by atoms with Crippen molar-refractivity contribution in [1.29, 1.82) is 0 Å². The molecule has 2 bridgehead atoms. The van der Waals surface area contributed by atoms with E-state index in [0.717, 1.165) is 59.5 Å². The summed E-state index contributed by atoms with van der Waals surface area (Å²) >= 11 is 0. The number of piperazine rings is 1. The molecule has 4 aromatic heterocycles. The van der Waals surface area contributed by atoms with Gasteiger partial charge in [-0.15, -0.1) is 0 Å². The van der Waals surface area contributed by atoms with E-state index in [1.807, 2.05) is 32.2 Å². The fraction of sp³-hybridized carbons (Fsp3) is 0.346. The smallest absolute Gasteiger partial charge is 0.161 e. The lowest BCUT2D eigenvalue weighted by Crippen LogP contribution is -2.68. The minimum Gasteiger partial charge on any atom is -0.353 e. The molecule has 0 spiro atoms. The van der Waals surface area contributed by atoms with Gasteiger partial charge in [0, 0.05) is 61.3 Å². The predicted molar refractivity (Wildman–Crippen MR) is 130 cm³/mol. The fourth-order valence-electron chi connectivity index (χ4n) is 5.13. The van der Waals surface area contributed by atoms with E-state index >= 15 is 0 Å². The highest BCUT2D eigenvalue weighted by atomic mass is 19.1. The first kappa shape index (κ1) is 21.8. The van der Waals surface area contributed by atoms with Crippen molar-refractivity contribution in [3.05, 3.63) is 83.1 Å². The summed E-state index contributed by atoms with van der Waals surface area (Å²) in [6, 6.07) is 12.3. The first-order valence-electron chi connectivity index (χ1n) is 11.9. The number of aromatic amines is 1. The largest absolute Gasteiger partial charge is 0.353 e. The van der Waals surface area contributed by atoms with Crippen LogP contribution in [0.1, 0.15) is 34.9 Å². The van der Waals surface area contributed by atoms with Crippen LogP contribution in [-0.4, -0.2) is 60.2 Å².